The van der Waals surface area contributed by atoms with Crippen molar-refractivity contribution in [1.29, 1.82) is 0 Å². The standard InChI is InChI=1S/C17H21NO/c1-14(18-2)13-17(19,15-9-5-3-6-10-15)16-11-7-4-8-12-16/h3-12,14,18-19H,13H2,1-2H3/t14-/m1/s1. The van der Waals surface area contributed by atoms with E-state index in [0.29, 0.717) is 6.42 Å². The topological polar surface area (TPSA) is 32.3 Å². The van der Waals surface area contributed by atoms with Crippen molar-refractivity contribution >= 4 is 0 Å². The van der Waals surface area contributed by atoms with Gasteiger partial charge in [-0.15, -0.1) is 0 Å². The highest BCUT2D eigenvalue weighted by atomic mass is 16.3. The molecular weight excluding hydrogens is 234 g/mol. The second-order valence-corrected chi connectivity index (χ2v) is 4.99. The first kappa shape index (κ1) is 13.8. The summed E-state index contributed by atoms with van der Waals surface area (Å²) in [5.41, 5.74) is 0.914. The zero-order valence-corrected chi connectivity index (χ0v) is 11.5. The van der Waals surface area contributed by atoms with Crippen LogP contribution >= 0.6 is 0 Å². The molecule has 2 heteroatoms. The van der Waals surface area contributed by atoms with Gasteiger partial charge in [-0.05, 0) is 31.5 Å². The second kappa shape index (κ2) is 6.00. The summed E-state index contributed by atoms with van der Waals surface area (Å²) < 4.78 is 0. The molecule has 0 saturated carbocycles. The van der Waals surface area contributed by atoms with Crippen molar-refractivity contribution in [3.05, 3.63) is 71.8 Å². The van der Waals surface area contributed by atoms with Crippen molar-refractivity contribution < 1.29 is 5.11 Å². The van der Waals surface area contributed by atoms with E-state index in [1.807, 2.05) is 67.7 Å². The average molecular weight is 255 g/mol. The maximum absolute atomic E-state index is 11.2. The van der Waals surface area contributed by atoms with Gasteiger partial charge in [0.05, 0.1) is 0 Å². The maximum atomic E-state index is 11.2. The Balaban J connectivity index is 2.44. The molecule has 2 rings (SSSR count). The van der Waals surface area contributed by atoms with Crippen molar-refractivity contribution in [1.82, 2.24) is 5.32 Å². The van der Waals surface area contributed by atoms with E-state index in [-0.39, 0.29) is 6.04 Å². The van der Waals surface area contributed by atoms with Gasteiger partial charge in [0.2, 0.25) is 0 Å². The van der Waals surface area contributed by atoms with Crippen molar-refractivity contribution in [2.45, 2.75) is 25.0 Å². The number of hydrogen-bond acceptors (Lipinski definition) is 2. The van der Waals surface area contributed by atoms with Crippen LogP contribution in [0.25, 0.3) is 0 Å². The first-order valence-corrected chi connectivity index (χ1v) is 6.67. The fraction of sp³-hybridized carbons (Fsp3) is 0.294. The largest absolute Gasteiger partial charge is 0.380 e. The summed E-state index contributed by atoms with van der Waals surface area (Å²) in [5, 5.41) is 14.4. The quantitative estimate of drug-likeness (QED) is 0.861. The second-order valence-electron chi connectivity index (χ2n) is 4.99. The van der Waals surface area contributed by atoms with Gasteiger partial charge in [0, 0.05) is 6.04 Å². The lowest BCUT2D eigenvalue weighted by atomic mass is 9.81. The Kier molecular flexibility index (Phi) is 4.35. The van der Waals surface area contributed by atoms with Gasteiger partial charge in [-0.2, -0.15) is 0 Å². The Morgan fingerprint density at radius 1 is 0.947 bits per heavy atom. The smallest absolute Gasteiger partial charge is 0.116 e. The molecule has 0 unspecified atom stereocenters. The Morgan fingerprint density at radius 2 is 1.37 bits per heavy atom. The van der Waals surface area contributed by atoms with Crippen LogP contribution in [-0.4, -0.2) is 18.2 Å². The summed E-state index contributed by atoms with van der Waals surface area (Å²) in [6.45, 7) is 2.08. The van der Waals surface area contributed by atoms with E-state index in [2.05, 4.69) is 12.2 Å². The summed E-state index contributed by atoms with van der Waals surface area (Å²) in [6, 6.07) is 20.0. The van der Waals surface area contributed by atoms with Gasteiger partial charge >= 0.3 is 0 Å². The Hall–Kier alpha value is -1.64. The molecule has 2 nitrogen and oxygen atoms in total. The van der Waals surface area contributed by atoms with E-state index >= 15 is 0 Å². The van der Waals surface area contributed by atoms with Gasteiger partial charge in [-0.1, -0.05) is 60.7 Å². The van der Waals surface area contributed by atoms with Crippen LogP contribution in [-0.2, 0) is 5.60 Å². The molecule has 0 spiro atoms. The molecule has 0 aliphatic rings. The van der Waals surface area contributed by atoms with E-state index in [4.69, 9.17) is 0 Å². The van der Waals surface area contributed by atoms with Gasteiger partial charge < -0.3 is 10.4 Å². The molecule has 19 heavy (non-hydrogen) atoms. The van der Waals surface area contributed by atoms with E-state index in [1.54, 1.807) is 0 Å². The predicted molar refractivity (Wildman–Crippen MR) is 79.0 cm³/mol. The molecule has 0 heterocycles. The molecule has 0 fully saturated rings. The molecule has 0 aliphatic carbocycles. The third-order valence-corrected chi connectivity index (χ3v) is 3.60. The van der Waals surface area contributed by atoms with Crippen LogP contribution in [0, 0.1) is 0 Å². The van der Waals surface area contributed by atoms with Crippen molar-refractivity contribution in [3.63, 3.8) is 0 Å². The fourth-order valence-electron chi connectivity index (χ4n) is 2.38. The Morgan fingerprint density at radius 3 is 1.74 bits per heavy atom. The highest BCUT2D eigenvalue weighted by molar-refractivity contribution is 5.36. The van der Waals surface area contributed by atoms with Crippen LogP contribution < -0.4 is 5.32 Å². The average Bonchev–Trinajstić information content (AvgIpc) is 2.48. The zero-order chi connectivity index (χ0) is 13.7. The van der Waals surface area contributed by atoms with Crippen LogP contribution in [0.15, 0.2) is 60.7 Å². The predicted octanol–water partition coefficient (Wildman–Crippen LogP) is 2.92. The van der Waals surface area contributed by atoms with Crippen molar-refractivity contribution in [3.8, 4) is 0 Å². The van der Waals surface area contributed by atoms with Gasteiger partial charge in [0.15, 0.2) is 0 Å². The molecule has 0 amide bonds. The number of nitrogens with one attached hydrogen (secondary N) is 1. The molecular formula is C17H21NO. The molecule has 0 aromatic heterocycles. The molecule has 100 valence electrons. The highest BCUT2D eigenvalue weighted by Gasteiger charge is 2.32. The fourth-order valence-corrected chi connectivity index (χ4v) is 2.38. The van der Waals surface area contributed by atoms with Crippen molar-refractivity contribution in [2.75, 3.05) is 7.05 Å². The molecule has 0 saturated heterocycles. The molecule has 2 aromatic carbocycles. The summed E-state index contributed by atoms with van der Waals surface area (Å²) in [5.74, 6) is 0. The lowest BCUT2D eigenvalue weighted by molar-refractivity contribution is 0.0619. The van der Waals surface area contributed by atoms with Crippen LogP contribution in [0.2, 0.25) is 0 Å². The number of rotatable bonds is 5. The van der Waals surface area contributed by atoms with Crippen LogP contribution in [0.3, 0.4) is 0 Å². The van der Waals surface area contributed by atoms with E-state index in [0.717, 1.165) is 11.1 Å². The summed E-state index contributed by atoms with van der Waals surface area (Å²) in [6.07, 6.45) is 0.636. The minimum atomic E-state index is -0.953. The third kappa shape index (κ3) is 3.03. The third-order valence-electron chi connectivity index (χ3n) is 3.60. The Labute approximate surface area is 115 Å². The van der Waals surface area contributed by atoms with Gasteiger partial charge in [-0.3, -0.25) is 0 Å². The van der Waals surface area contributed by atoms with E-state index in [9.17, 15) is 5.11 Å². The zero-order valence-electron chi connectivity index (χ0n) is 11.5. The molecule has 0 radical (unpaired) electrons. The first-order valence-electron chi connectivity index (χ1n) is 6.67. The Bertz CT molecular complexity index is 456. The monoisotopic (exact) mass is 255 g/mol. The maximum Gasteiger partial charge on any atom is 0.116 e. The molecule has 2 aromatic rings. The van der Waals surface area contributed by atoms with Gasteiger partial charge in [-0.25, -0.2) is 0 Å². The van der Waals surface area contributed by atoms with E-state index < -0.39 is 5.60 Å². The summed E-state index contributed by atoms with van der Waals surface area (Å²) in [7, 11) is 1.92. The molecule has 0 bridgehead atoms. The normalized spacial score (nSPS) is 13.2. The minimum Gasteiger partial charge on any atom is -0.380 e. The highest BCUT2D eigenvalue weighted by Crippen LogP contribution is 2.33. The summed E-state index contributed by atoms with van der Waals surface area (Å²) >= 11 is 0. The van der Waals surface area contributed by atoms with Crippen LogP contribution in [0.1, 0.15) is 24.5 Å². The lowest BCUT2D eigenvalue weighted by Crippen LogP contribution is -2.36. The SMILES string of the molecule is CN[C@H](C)CC(O)(c1ccccc1)c1ccccc1. The van der Waals surface area contributed by atoms with Crippen LogP contribution in [0.5, 0.6) is 0 Å². The van der Waals surface area contributed by atoms with E-state index in [1.165, 1.54) is 0 Å². The van der Waals surface area contributed by atoms with Crippen molar-refractivity contribution in [2.24, 2.45) is 0 Å². The molecule has 0 aliphatic heterocycles. The molecule has 1 atom stereocenters. The van der Waals surface area contributed by atoms with Gasteiger partial charge in [0.25, 0.3) is 0 Å². The minimum absolute atomic E-state index is 0.227. The first-order chi connectivity index (χ1) is 9.16. The van der Waals surface area contributed by atoms with Gasteiger partial charge in [0.1, 0.15) is 5.60 Å². The van der Waals surface area contributed by atoms with Crippen LogP contribution in [0.4, 0.5) is 0 Å². The number of hydrogen-bond donors (Lipinski definition) is 2. The molecule has 2 N–H and O–H groups in total. The number of aliphatic hydroxyl groups is 1. The number of benzene rings is 2. The summed E-state index contributed by atoms with van der Waals surface area (Å²) in [4.78, 5) is 0. The lowest BCUT2D eigenvalue weighted by Gasteiger charge is -2.32.